The molecule has 2 aliphatic rings. The second-order valence-electron chi connectivity index (χ2n) is 8.94. The van der Waals surface area contributed by atoms with Crippen molar-refractivity contribution in [3.8, 4) is 0 Å². The quantitative estimate of drug-likeness (QED) is 0.726. The van der Waals surface area contributed by atoms with Crippen molar-refractivity contribution in [1.82, 2.24) is 14.7 Å². The van der Waals surface area contributed by atoms with Crippen LogP contribution in [0, 0.1) is 11.3 Å². The van der Waals surface area contributed by atoms with Gasteiger partial charge in [-0.2, -0.15) is 0 Å². The molecule has 1 unspecified atom stereocenters. The highest BCUT2D eigenvalue weighted by Gasteiger charge is 2.41. The third-order valence-electron chi connectivity index (χ3n) is 4.80. The van der Waals surface area contributed by atoms with E-state index in [9.17, 15) is 14.4 Å². The number of amides is 3. The van der Waals surface area contributed by atoms with E-state index in [1.54, 1.807) is 4.90 Å². The summed E-state index contributed by atoms with van der Waals surface area (Å²) >= 11 is 0. The summed E-state index contributed by atoms with van der Waals surface area (Å²) < 4.78 is 0. The highest BCUT2D eigenvalue weighted by atomic mass is 16.2. The van der Waals surface area contributed by atoms with E-state index in [1.165, 1.54) is 0 Å². The molecule has 0 aliphatic carbocycles. The smallest absolute Gasteiger partial charge is 0.228 e. The first kappa shape index (κ1) is 18.7. The summed E-state index contributed by atoms with van der Waals surface area (Å²) in [5, 5.41) is 0. The van der Waals surface area contributed by atoms with E-state index < -0.39 is 5.41 Å². The van der Waals surface area contributed by atoms with Gasteiger partial charge in [0.15, 0.2) is 0 Å². The molecule has 1 atom stereocenters. The van der Waals surface area contributed by atoms with Crippen molar-refractivity contribution in [3.05, 3.63) is 0 Å². The predicted molar refractivity (Wildman–Crippen MR) is 92.2 cm³/mol. The Bertz CT molecular complexity index is 523. The van der Waals surface area contributed by atoms with Crippen LogP contribution in [0.5, 0.6) is 0 Å². The Balaban J connectivity index is 1.92. The van der Waals surface area contributed by atoms with Gasteiger partial charge < -0.3 is 14.7 Å². The molecule has 3 amide bonds. The van der Waals surface area contributed by atoms with E-state index in [-0.39, 0.29) is 29.2 Å². The summed E-state index contributed by atoms with van der Waals surface area (Å²) in [7, 11) is 0. The summed E-state index contributed by atoms with van der Waals surface area (Å²) in [5.41, 5.74) is -0.638. The van der Waals surface area contributed by atoms with Crippen molar-refractivity contribution < 1.29 is 14.4 Å². The van der Waals surface area contributed by atoms with Crippen molar-refractivity contribution in [2.75, 3.05) is 32.7 Å². The molecule has 6 nitrogen and oxygen atoms in total. The fraction of sp³-hybridized carbons (Fsp3) is 0.833. The molecule has 0 aromatic carbocycles. The number of carbonyl (C=O) groups is 3. The molecule has 2 heterocycles. The maximum absolute atomic E-state index is 12.7. The Morgan fingerprint density at radius 2 is 1.42 bits per heavy atom. The third kappa shape index (κ3) is 3.90. The van der Waals surface area contributed by atoms with Gasteiger partial charge >= 0.3 is 0 Å². The van der Waals surface area contributed by atoms with Crippen molar-refractivity contribution in [2.24, 2.45) is 11.3 Å². The summed E-state index contributed by atoms with van der Waals surface area (Å²) in [6.45, 7) is 14.5. The molecule has 0 spiro atoms. The lowest BCUT2D eigenvalue weighted by molar-refractivity contribution is -0.146. The number of hydrogen-bond donors (Lipinski definition) is 0. The second kappa shape index (κ2) is 6.37. The van der Waals surface area contributed by atoms with Gasteiger partial charge in [0.25, 0.3) is 0 Å². The molecule has 2 saturated heterocycles. The Morgan fingerprint density at radius 1 is 0.917 bits per heavy atom. The minimum atomic E-state index is -0.392. The lowest BCUT2D eigenvalue weighted by Crippen LogP contribution is -2.54. The van der Waals surface area contributed by atoms with Gasteiger partial charge in [0.1, 0.15) is 0 Å². The average molecular weight is 337 g/mol. The van der Waals surface area contributed by atoms with Gasteiger partial charge in [0, 0.05) is 50.1 Å². The first-order chi connectivity index (χ1) is 10.9. The lowest BCUT2D eigenvalue weighted by atomic mass is 9.94. The van der Waals surface area contributed by atoms with Gasteiger partial charge in [0.05, 0.1) is 5.92 Å². The molecule has 0 radical (unpaired) electrons. The Hall–Kier alpha value is -1.59. The van der Waals surface area contributed by atoms with Crippen molar-refractivity contribution in [2.45, 2.75) is 53.5 Å². The highest BCUT2D eigenvalue weighted by molar-refractivity contribution is 5.90. The molecule has 0 aromatic heterocycles. The monoisotopic (exact) mass is 337 g/mol. The fourth-order valence-corrected chi connectivity index (χ4v) is 3.38. The minimum Gasteiger partial charge on any atom is -0.339 e. The van der Waals surface area contributed by atoms with Gasteiger partial charge in [-0.05, 0) is 20.8 Å². The van der Waals surface area contributed by atoms with Crippen molar-refractivity contribution in [1.29, 1.82) is 0 Å². The van der Waals surface area contributed by atoms with E-state index >= 15 is 0 Å². The van der Waals surface area contributed by atoms with Crippen LogP contribution in [0.1, 0.15) is 48.0 Å². The summed E-state index contributed by atoms with van der Waals surface area (Å²) in [5.74, 6) is -0.00787. The Morgan fingerprint density at radius 3 is 1.83 bits per heavy atom. The van der Waals surface area contributed by atoms with E-state index in [4.69, 9.17) is 0 Å². The lowest BCUT2D eigenvalue weighted by Gasteiger charge is -2.38. The normalized spacial score (nSPS) is 23.0. The van der Waals surface area contributed by atoms with Crippen LogP contribution in [0.25, 0.3) is 0 Å². The molecular formula is C18H31N3O3. The standard InChI is InChI=1S/C18H31N3O3/c1-17(2,3)16(24)20-9-7-19(8-10-20)15(23)13-11-14(22)21(12-13)18(4,5)6/h13H,7-12H2,1-6H3. The summed E-state index contributed by atoms with van der Waals surface area (Å²) in [6, 6.07) is 0. The summed E-state index contributed by atoms with van der Waals surface area (Å²) in [6.07, 6.45) is 0.303. The van der Waals surface area contributed by atoms with Gasteiger partial charge in [-0.1, -0.05) is 20.8 Å². The van der Waals surface area contributed by atoms with E-state index in [0.29, 0.717) is 39.1 Å². The maximum atomic E-state index is 12.7. The minimum absolute atomic E-state index is 0.0537. The van der Waals surface area contributed by atoms with Gasteiger partial charge in [0.2, 0.25) is 17.7 Å². The van der Waals surface area contributed by atoms with E-state index in [0.717, 1.165) is 0 Å². The van der Waals surface area contributed by atoms with Crippen LogP contribution in [0.4, 0.5) is 0 Å². The predicted octanol–water partition coefficient (Wildman–Crippen LogP) is 1.35. The van der Waals surface area contributed by atoms with Crippen LogP contribution >= 0.6 is 0 Å². The average Bonchev–Trinajstić information content (AvgIpc) is 2.87. The van der Waals surface area contributed by atoms with Gasteiger partial charge in [-0.3, -0.25) is 14.4 Å². The maximum Gasteiger partial charge on any atom is 0.228 e. The van der Waals surface area contributed by atoms with Gasteiger partial charge in [-0.25, -0.2) is 0 Å². The molecular weight excluding hydrogens is 306 g/mol. The molecule has 0 saturated carbocycles. The Kier molecular flexibility index (Phi) is 4.98. The van der Waals surface area contributed by atoms with Gasteiger partial charge in [-0.15, -0.1) is 0 Å². The van der Waals surface area contributed by atoms with Crippen molar-refractivity contribution >= 4 is 17.7 Å². The Labute approximate surface area is 145 Å². The first-order valence-corrected chi connectivity index (χ1v) is 8.80. The number of carbonyl (C=O) groups excluding carboxylic acids is 3. The molecule has 2 aliphatic heterocycles. The van der Waals surface area contributed by atoms with Crippen LogP contribution in [-0.4, -0.2) is 70.7 Å². The number of hydrogen-bond acceptors (Lipinski definition) is 3. The van der Waals surface area contributed by atoms with Crippen LogP contribution < -0.4 is 0 Å². The van der Waals surface area contributed by atoms with Crippen LogP contribution in [0.15, 0.2) is 0 Å². The van der Waals surface area contributed by atoms with E-state index in [1.807, 2.05) is 51.3 Å². The molecule has 0 aromatic rings. The molecule has 0 bridgehead atoms. The first-order valence-electron chi connectivity index (χ1n) is 8.80. The topological polar surface area (TPSA) is 60.9 Å². The molecule has 0 N–H and O–H groups in total. The number of rotatable bonds is 1. The summed E-state index contributed by atoms with van der Waals surface area (Å²) in [4.78, 5) is 42.7. The zero-order valence-electron chi connectivity index (χ0n) is 15.9. The van der Waals surface area contributed by atoms with Crippen molar-refractivity contribution in [3.63, 3.8) is 0 Å². The SMILES string of the molecule is CC(C)(C)C(=O)N1CCN(C(=O)C2CC(=O)N(C(C)(C)C)C2)CC1. The van der Waals surface area contributed by atoms with Crippen LogP contribution in [-0.2, 0) is 14.4 Å². The largest absolute Gasteiger partial charge is 0.339 e. The third-order valence-corrected chi connectivity index (χ3v) is 4.80. The van der Waals surface area contributed by atoms with Crippen LogP contribution in [0.2, 0.25) is 0 Å². The number of likely N-dealkylation sites (tertiary alicyclic amines) is 1. The molecule has 2 rings (SSSR count). The molecule has 6 heteroatoms. The zero-order chi connectivity index (χ0) is 18.3. The number of nitrogens with zero attached hydrogens (tertiary/aromatic N) is 3. The second-order valence-corrected chi connectivity index (χ2v) is 8.94. The fourth-order valence-electron chi connectivity index (χ4n) is 3.38. The molecule has 2 fully saturated rings. The molecule has 136 valence electrons. The molecule has 24 heavy (non-hydrogen) atoms. The zero-order valence-corrected chi connectivity index (χ0v) is 15.9. The number of piperazine rings is 1. The van der Waals surface area contributed by atoms with E-state index in [2.05, 4.69) is 0 Å². The van der Waals surface area contributed by atoms with Crippen LogP contribution in [0.3, 0.4) is 0 Å². The highest BCUT2D eigenvalue weighted by Crippen LogP contribution is 2.27.